The number of benzene rings is 1. The number of rotatable bonds is 3. The van der Waals surface area contributed by atoms with Crippen molar-refractivity contribution in [2.45, 2.75) is 70.2 Å². The van der Waals surface area contributed by atoms with Crippen LogP contribution in [-0.2, 0) is 24.4 Å². The van der Waals surface area contributed by atoms with Gasteiger partial charge in [0.15, 0.2) is 11.5 Å². The van der Waals surface area contributed by atoms with Gasteiger partial charge in [0.25, 0.3) is 0 Å². The van der Waals surface area contributed by atoms with E-state index in [1.165, 1.54) is 0 Å². The highest BCUT2D eigenvalue weighted by molar-refractivity contribution is 5.90. The van der Waals surface area contributed by atoms with Crippen LogP contribution in [-0.4, -0.2) is 36.2 Å². The first-order chi connectivity index (χ1) is 13.1. The van der Waals surface area contributed by atoms with Crippen LogP contribution in [0.3, 0.4) is 0 Å². The van der Waals surface area contributed by atoms with Gasteiger partial charge in [-0.1, -0.05) is 34.1 Å². The Labute approximate surface area is 165 Å². The predicted molar refractivity (Wildman–Crippen MR) is 102 cm³/mol. The number of carbonyl (C=O) groups is 1. The van der Waals surface area contributed by atoms with Gasteiger partial charge in [-0.3, -0.25) is 4.79 Å². The van der Waals surface area contributed by atoms with Crippen LogP contribution in [0, 0.1) is 11.3 Å². The lowest BCUT2D eigenvalue weighted by molar-refractivity contribution is -0.289. The number of hydrogen-bond acceptors (Lipinski definition) is 6. The fourth-order valence-corrected chi connectivity index (χ4v) is 6.35. The summed E-state index contributed by atoms with van der Waals surface area (Å²) in [6.45, 7) is 8.11. The number of phenols is 2. The van der Waals surface area contributed by atoms with Gasteiger partial charge >= 0.3 is 5.97 Å². The number of aromatic hydroxyl groups is 2. The summed E-state index contributed by atoms with van der Waals surface area (Å²) in [5.41, 5.74) is 0.394. The molecule has 0 aromatic heterocycles. The highest BCUT2D eigenvalue weighted by Gasteiger charge is 2.77. The molecule has 2 fully saturated rings. The maximum atomic E-state index is 13.4. The molecule has 28 heavy (non-hydrogen) atoms. The summed E-state index contributed by atoms with van der Waals surface area (Å²) in [5, 5.41) is 21.9. The minimum atomic E-state index is -1.26. The van der Waals surface area contributed by atoms with Crippen molar-refractivity contribution in [1.82, 2.24) is 0 Å². The van der Waals surface area contributed by atoms with Gasteiger partial charge in [0.2, 0.25) is 5.79 Å². The number of fused-ring (bicyclic) bond motifs is 1. The lowest BCUT2D eigenvalue weighted by Crippen LogP contribution is -2.60. The lowest BCUT2D eigenvalue weighted by Gasteiger charge is -2.55. The van der Waals surface area contributed by atoms with E-state index in [1.807, 2.05) is 19.9 Å². The van der Waals surface area contributed by atoms with E-state index in [0.29, 0.717) is 23.1 Å². The third kappa shape index (κ3) is 2.03. The Morgan fingerprint density at radius 2 is 1.86 bits per heavy atom. The summed E-state index contributed by atoms with van der Waals surface area (Å²) < 4.78 is 17.8. The van der Waals surface area contributed by atoms with Crippen LogP contribution in [0.1, 0.15) is 75.7 Å². The molecule has 0 spiro atoms. The molecular formula is C22H30O6. The average molecular weight is 390 g/mol. The molecule has 0 unspecified atom stereocenters. The van der Waals surface area contributed by atoms with Gasteiger partial charge in [0.1, 0.15) is 11.5 Å². The second-order valence-electron chi connectivity index (χ2n) is 9.46. The number of hydrogen-bond donors (Lipinski definition) is 2. The standard InChI is InChI=1S/C22H30O6/c1-11(2)12-10-13-14(16(24)15(12)23)21-9-7-8-20(3,4)18(21)22(27-6,17(13)26-5)28-19(21)25/h10-11,17-18,23-24H,7-9H2,1-6H3/t17-,18+,21+,22-/m1/s1. The number of phenolic OH excluding ortho intramolecular Hbond substituents is 2. The number of carbonyl (C=O) groups excluding carboxylic acids is 1. The minimum Gasteiger partial charge on any atom is -0.504 e. The molecule has 6 nitrogen and oxygen atoms in total. The molecule has 1 aliphatic heterocycles. The highest BCUT2D eigenvalue weighted by Crippen LogP contribution is 2.71. The molecule has 1 aromatic carbocycles. The SMILES string of the molecule is CO[C@@H]1c2cc(C(C)C)c(O)c(O)c2[C@@]23CCCC(C)(C)[C@@H]2[C@]1(OC)OC3=O. The van der Waals surface area contributed by atoms with Crippen molar-refractivity contribution < 1.29 is 29.2 Å². The summed E-state index contributed by atoms with van der Waals surface area (Å²) >= 11 is 0. The number of esters is 1. The molecule has 1 saturated heterocycles. The van der Waals surface area contributed by atoms with Crippen LogP contribution in [0.2, 0.25) is 0 Å². The molecule has 4 rings (SSSR count). The first kappa shape index (κ1) is 19.5. The molecule has 0 radical (unpaired) electrons. The van der Waals surface area contributed by atoms with Crippen molar-refractivity contribution >= 4 is 5.97 Å². The van der Waals surface area contributed by atoms with Gasteiger partial charge < -0.3 is 24.4 Å². The maximum absolute atomic E-state index is 13.4. The number of ether oxygens (including phenoxy) is 3. The first-order valence-corrected chi connectivity index (χ1v) is 9.99. The first-order valence-electron chi connectivity index (χ1n) is 9.99. The van der Waals surface area contributed by atoms with Gasteiger partial charge in [0, 0.05) is 25.3 Å². The van der Waals surface area contributed by atoms with E-state index in [-0.39, 0.29) is 28.7 Å². The summed E-state index contributed by atoms with van der Waals surface area (Å²) in [4.78, 5) is 13.4. The molecule has 154 valence electrons. The zero-order chi connectivity index (χ0) is 20.6. The fraction of sp³-hybridized carbons (Fsp3) is 0.682. The summed E-state index contributed by atoms with van der Waals surface area (Å²) in [7, 11) is 3.11. The van der Waals surface area contributed by atoms with E-state index in [2.05, 4.69) is 13.8 Å². The topological polar surface area (TPSA) is 85.2 Å². The molecule has 0 amide bonds. The Bertz CT molecular complexity index is 844. The van der Waals surface area contributed by atoms with Gasteiger partial charge in [-0.25, -0.2) is 0 Å². The van der Waals surface area contributed by atoms with Crippen LogP contribution < -0.4 is 0 Å². The van der Waals surface area contributed by atoms with Crippen molar-refractivity contribution in [2.24, 2.45) is 11.3 Å². The van der Waals surface area contributed by atoms with E-state index in [9.17, 15) is 15.0 Å². The van der Waals surface area contributed by atoms with Crippen molar-refractivity contribution in [2.75, 3.05) is 14.2 Å². The second-order valence-corrected chi connectivity index (χ2v) is 9.46. The molecule has 1 aromatic rings. The van der Waals surface area contributed by atoms with E-state index in [0.717, 1.165) is 12.8 Å². The van der Waals surface area contributed by atoms with Crippen LogP contribution in [0.4, 0.5) is 0 Å². The van der Waals surface area contributed by atoms with Crippen molar-refractivity contribution in [3.63, 3.8) is 0 Å². The Balaban J connectivity index is 2.14. The van der Waals surface area contributed by atoms with Gasteiger partial charge in [-0.15, -0.1) is 0 Å². The average Bonchev–Trinajstić information content (AvgIpc) is 2.85. The zero-order valence-corrected chi connectivity index (χ0v) is 17.5. The third-order valence-corrected chi connectivity index (χ3v) is 7.29. The molecule has 6 heteroatoms. The smallest absolute Gasteiger partial charge is 0.319 e. The molecule has 3 aliphatic rings. The predicted octanol–water partition coefficient (Wildman–Crippen LogP) is 3.89. The molecule has 4 atom stereocenters. The Morgan fingerprint density at radius 3 is 2.43 bits per heavy atom. The third-order valence-electron chi connectivity index (χ3n) is 7.29. The van der Waals surface area contributed by atoms with Gasteiger partial charge in [-0.05, 0) is 35.8 Å². The highest BCUT2D eigenvalue weighted by atomic mass is 16.7. The molecule has 2 N–H and O–H groups in total. The second kappa shape index (κ2) is 5.86. The summed E-state index contributed by atoms with van der Waals surface area (Å²) in [5.74, 6) is -2.41. The maximum Gasteiger partial charge on any atom is 0.319 e. The van der Waals surface area contributed by atoms with Crippen molar-refractivity contribution in [3.8, 4) is 11.5 Å². The van der Waals surface area contributed by atoms with E-state index in [1.54, 1.807) is 14.2 Å². The van der Waals surface area contributed by atoms with Gasteiger partial charge in [-0.2, -0.15) is 0 Å². The largest absolute Gasteiger partial charge is 0.504 e. The summed E-state index contributed by atoms with van der Waals surface area (Å²) in [6.07, 6.45) is 1.58. The Kier molecular flexibility index (Phi) is 4.09. The quantitative estimate of drug-likeness (QED) is 0.602. The van der Waals surface area contributed by atoms with Gasteiger partial charge in [0.05, 0.1) is 5.92 Å². The van der Waals surface area contributed by atoms with Crippen LogP contribution >= 0.6 is 0 Å². The molecular weight excluding hydrogens is 360 g/mol. The number of methoxy groups -OCH3 is 2. The molecule has 1 saturated carbocycles. The zero-order valence-electron chi connectivity index (χ0n) is 17.5. The molecule has 2 aliphatic carbocycles. The van der Waals surface area contributed by atoms with Crippen LogP contribution in [0.5, 0.6) is 11.5 Å². The molecule has 2 bridgehead atoms. The normalized spacial score (nSPS) is 35.5. The van der Waals surface area contributed by atoms with Crippen LogP contribution in [0.15, 0.2) is 6.07 Å². The van der Waals surface area contributed by atoms with E-state index < -0.39 is 23.3 Å². The van der Waals surface area contributed by atoms with E-state index in [4.69, 9.17) is 14.2 Å². The fourth-order valence-electron chi connectivity index (χ4n) is 6.35. The van der Waals surface area contributed by atoms with Crippen LogP contribution in [0.25, 0.3) is 0 Å². The van der Waals surface area contributed by atoms with Crippen molar-refractivity contribution in [3.05, 3.63) is 22.8 Å². The summed E-state index contributed by atoms with van der Waals surface area (Å²) in [6, 6.07) is 1.85. The van der Waals surface area contributed by atoms with E-state index >= 15 is 0 Å². The van der Waals surface area contributed by atoms with Crippen molar-refractivity contribution in [1.29, 1.82) is 0 Å². The Morgan fingerprint density at radius 1 is 1.18 bits per heavy atom. The monoisotopic (exact) mass is 390 g/mol. The minimum absolute atomic E-state index is 0.0144. The molecule has 1 heterocycles. The lowest BCUT2D eigenvalue weighted by atomic mass is 9.48. The Hall–Kier alpha value is -1.79.